The molecule has 1 unspecified atom stereocenters. The highest BCUT2D eigenvalue weighted by molar-refractivity contribution is 6.30. The van der Waals surface area contributed by atoms with Gasteiger partial charge in [0.05, 0.1) is 0 Å². The molecule has 1 aliphatic heterocycles. The van der Waals surface area contributed by atoms with E-state index in [-0.39, 0.29) is 11.4 Å². The van der Waals surface area contributed by atoms with Gasteiger partial charge in [0.15, 0.2) is 0 Å². The second-order valence-electron chi connectivity index (χ2n) is 5.31. The van der Waals surface area contributed by atoms with E-state index in [1.165, 1.54) is 0 Å². The number of halogens is 1. The summed E-state index contributed by atoms with van der Waals surface area (Å²) in [7, 11) is 0. The summed E-state index contributed by atoms with van der Waals surface area (Å²) >= 11 is 5.92. The van der Waals surface area contributed by atoms with E-state index < -0.39 is 11.2 Å². The zero-order valence-corrected chi connectivity index (χ0v) is 12.3. The normalized spacial score (nSPS) is 21.6. The Morgan fingerprint density at radius 1 is 1.48 bits per heavy atom. The van der Waals surface area contributed by atoms with Gasteiger partial charge in [-0.1, -0.05) is 23.7 Å². The minimum atomic E-state index is -0.649. The number of nitrogens with zero attached hydrogens (tertiary/aromatic N) is 1. The topological polar surface area (TPSA) is 75.2 Å². The summed E-state index contributed by atoms with van der Waals surface area (Å²) in [6.07, 6.45) is 1.66. The second-order valence-corrected chi connectivity index (χ2v) is 5.74. The van der Waals surface area contributed by atoms with Crippen LogP contribution in [-0.4, -0.2) is 21.7 Å². The lowest BCUT2D eigenvalue weighted by molar-refractivity contribution is 0.00871. The van der Waals surface area contributed by atoms with Crippen LogP contribution in [0.25, 0.3) is 11.1 Å². The van der Waals surface area contributed by atoms with Gasteiger partial charge >= 0.3 is 0 Å². The fourth-order valence-corrected chi connectivity index (χ4v) is 2.77. The molecule has 2 heterocycles. The van der Waals surface area contributed by atoms with Crippen LogP contribution in [0.2, 0.25) is 5.02 Å². The number of rotatable bonds is 2. The fourth-order valence-electron chi connectivity index (χ4n) is 2.58. The predicted molar refractivity (Wildman–Crippen MR) is 79.5 cm³/mol. The van der Waals surface area contributed by atoms with Crippen molar-refractivity contribution in [3.05, 3.63) is 45.5 Å². The van der Waals surface area contributed by atoms with Gasteiger partial charge in [0.25, 0.3) is 5.56 Å². The van der Waals surface area contributed by atoms with Crippen molar-refractivity contribution in [3.8, 4) is 17.0 Å². The Morgan fingerprint density at radius 3 is 2.90 bits per heavy atom. The van der Waals surface area contributed by atoms with Gasteiger partial charge in [-0.05, 0) is 37.5 Å². The van der Waals surface area contributed by atoms with Crippen LogP contribution in [0.15, 0.2) is 29.1 Å². The van der Waals surface area contributed by atoms with Gasteiger partial charge in [-0.15, -0.1) is 0 Å². The molecule has 2 N–H and O–H groups in total. The summed E-state index contributed by atoms with van der Waals surface area (Å²) in [5, 5.41) is 10.6. The fraction of sp³-hybridized carbons (Fsp3) is 0.333. The maximum atomic E-state index is 12.3. The Hall–Kier alpha value is -1.85. The Morgan fingerprint density at radius 2 is 2.29 bits per heavy atom. The second kappa shape index (κ2) is 5.16. The number of aromatic amines is 1. The third kappa shape index (κ3) is 2.54. The first-order chi connectivity index (χ1) is 9.99. The zero-order valence-electron chi connectivity index (χ0n) is 11.5. The van der Waals surface area contributed by atoms with E-state index in [4.69, 9.17) is 16.3 Å². The first-order valence-electron chi connectivity index (χ1n) is 6.73. The number of H-pyrrole nitrogens is 1. The van der Waals surface area contributed by atoms with E-state index in [9.17, 15) is 9.90 Å². The zero-order chi connectivity index (χ0) is 15.0. The molecule has 0 bridgehead atoms. The molecule has 0 saturated carbocycles. The van der Waals surface area contributed by atoms with Crippen LogP contribution < -0.4 is 5.56 Å². The van der Waals surface area contributed by atoms with Gasteiger partial charge in [0, 0.05) is 11.6 Å². The van der Waals surface area contributed by atoms with Crippen molar-refractivity contribution in [3.63, 3.8) is 0 Å². The average molecular weight is 307 g/mol. The lowest BCUT2D eigenvalue weighted by Gasteiger charge is -2.22. The quantitative estimate of drug-likeness (QED) is 0.894. The monoisotopic (exact) mass is 306 g/mol. The van der Waals surface area contributed by atoms with Crippen molar-refractivity contribution in [1.29, 1.82) is 0 Å². The van der Waals surface area contributed by atoms with Crippen molar-refractivity contribution < 1.29 is 9.84 Å². The van der Waals surface area contributed by atoms with Gasteiger partial charge in [-0.2, -0.15) is 4.98 Å². The van der Waals surface area contributed by atoms with Crippen LogP contribution in [0, 0.1) is 0 Å². The molecule has 5 nitrogen and oxygen atoms in total. The van der Waals surface area contributed by atoms with Crippen molar-refractivity contribution in [2.75, 3.05) is 6.61 Å². The van der Waals surface area contributed by atoms with Gasteiger partial charge < -0.3 is 14.8 Å². The van der Waals surface area contributed by atoms with Crippen LogP contribution >= 0.6 is 11.6 Å². The van der Waals surface area contributed by atoms with Crippen LogP contribution in [-0.2, 0) is 10.3 Å². The molecule has 0 amide bonds. The lowest BCUT2D eigenvalue weighted by atomic mass is 10.0. The maximum absolute atomic E-state index is 12.3. The van der Waals surface area contributed by atoms with Crippen LogP contribution in [0.5, 0.6) is 5.88 Å². The Labute approximate surface area is 126 Å². The Bertz CT molecular complexity index is 736. The van der Waals surface area contributed by atoms with E-state index in [1.807, 2.05) is 6.92 Å². The predicted octanol–water partition coefficient (Wildman–Crippen LogP) is 2.82. The summed E-state index contributed by atoms with van der Waals surface area (Å²) in [6, 6.07) is 6.73. The SMILES string of the molecule is CC1(c2nc(O)c(-c3cccc(Cl)c3)c(=O)[nH]2)CCCO1. The molecule has 1 aromatic heterocycles. The molecule has 110 valence electrons. The van der Waals surface area contributed by atoms with Gasteiger partial charge in [0.2, 0.25) is 5.88 Å². The Balaban J connectivity index is 2.11. The van der Waals surface area contributed by atoms with Crippen LogP contribution in [0.1, 0.15) is 25.6 Å². The molecule has 3 rings (SSSR count). The number of aromatic nitrogens is 2. The highest BCUT2D eigenvalue weighted by Crippen LogP contribution is 2.35. The van der Waals surface area contributed by atoms with E-state index in [2.05, 4.69) is 9.97 Å². The number of hydrogen-bond donors (Lipinski definition) is 2. The number of hydrogen-bond acceptors (Lipinski definition) is 4. The summed E-state index contributed by atoms with van der Waals surface area (Å²) in [5.41, 5.74) is -0.416. The molecule has 1 aromatic carbocycles. The molecule has 1 fully saturated rings. The van der Waals surface area contributed by atoms with E-state index in [1.54, 1.807) is 24.3 Å². The average Bonchev–Trinajstić information content (AvgIpc) is 2.86. The van der Waals surface area contributed by atoms with E-state index in [0.29, 0.717) is 23.0 Å². The summed E-state index contributed by atoms with van der Waals surface area (Å²) < 4.78 is 5.64. The highest BCUT2D eigenvalue weighted by atomic mass is 35.5. The molecule has 2 aromatic rings. The van der Waals surface area contributed by atoms with Gasteiger partial charge in [0.1, 0.15) is 17.0 Å². The summed E-state index contributed by atoms with van der Waals surface area (Å²) in [6.45, 7) is 2.48. The van der Waals surface area contributed by atoms with Crippen LogP contribution in [0.4, 0.5) is 0 Å². The lowest BCUT2D eigenvalue weighted by Crippen LogP contribution is -2.27. The third-order valence-electron chi connectivity index (χ3n) is 3.73. The molecule has 21 heavy (non-hydrogen) atoms. The molecular weight excluding hydrogens is 292 g/mol. The van der Waals surface area contributed by atoms with Gasteiger partial charge in [-0.25, -0.2) is 0 Å². The van der Waals surface area contributed by atoms with Gasteiger partial charge in [-0.3, -0.25) is 4.79 Å². The Kier molecular flexibility index (Phi) is 3.47. The third-order valence-corrected chi connectivity index (χ3v) is 3.97. The minimum absolute atomic E-state index is 0.114. The first kappa shape index (κ1) is 14.1. The number of nitrogens with one attached hydrogen (secondary N) is 1. The molecule has 1 saturated heterocycles. The first-order valence-corrected chi connectivity index (χ1v) is 7.11. The summed E-state index contributed by atoms with van der Waals surface area (Å²) in [4.78, 5) is 19.2. The van der Waals surface area contributed by atoms with E-state index in [0.717, 1.165) is 12.8 Å². The largest absolute Gasteiger partial charge is 0.493 e. The highest BCUT2D eigenvalue weighted by Gasteiger charge is 2.35. The van der Waals surface area contributed by atoms with Crippen molar-refractivity contribution >= 4 is 11.6 Å². The minimum Gasteiger partial charge on any atom is -0.493 e. The molecule has 0 aliphatic carbocycles. The smallest absolute Gasteiger partial charge is 0.262 e. The molecule has 6 heteroatoms. The number of benzene rings is 1. The van der Waals surface area contributed by atoms with Crippen LogP contribution in [0.3, 0.4) is 0 Å². The van der Waals surface area contributed by atoms with Crippen molar-refractivity contribution in [1.82, 2.24) is 9.97 Å². The van der Waals surface area contributed by atoms with Crippen molar-refractivity contribution in [2.24, 2.45) is 0 Å². The number of aromatic hydroxyl groups is 1. The molecule has 0 radical (unpaired) electrons. The molecule has 1 atom stereocenters. The van der Waals surface area contributed by atoms with Crippen molar-refractivity contribution in [2.45, 2.75) is 25.4 Å². The molecule has 0 spiro atoms. The standard InChI is InChI=1S/C15H15ClN2O3/c1-15(6-3-7-21-15)14-17-12(19)11(13(20)18-14)9-4-2-5-10(16)8-9/h2,4-5,8H,3,6-7H2,1H3,(H2,17,18,19,20). The number of ether oxygens (including phenoxy) is 1. The molecular formula is C15H15ClN2O3. The maximum Gasteiger partial charge on any atom is 0.262 e. The van der Waals surface area contributed by atoms with E-state index >= 15 is 0 Å². The molecule has 1 aliphatic rings. The summed E-state index contributed by atoms with van der Waals surface area (Å²) in [5.74, 6) is 0.0426.